The van der Waals surface area contributed by atoms with Crippen LogP contribution in [0.2, 0.25) is 0 Å². The molecule has 3 heteroatoms. The molecule has 1 aromatic rings. The summed E-state index contributed by atoms with van der Waals surface area (Å²) in [5.41, 5.74) is 1.14. The van der Waals surface area contributed by atoms with Gasteiger partial charge in [0.15, 0.2) is 0 Å². The minimum absolute atomic E-state index is 0.750. The van der Waals surface area contributed by atoms with Crippen molar-refractivity contribution in [1.29, 1.82) is 0 Å². The van der Waals surface area contributed by atoms with Gasteiger partial charge in [0.2, 0.25) is 0 Å². The van der Waals surface area contributed by atoms with Crippen LogP contribution in [-0.2, 0) is 0 Å². The number of methoxy groups -OCH3 is 1. The van der Waals surface area contributed by atoms with Crippen LogP contribution >= 0.6 is 0 Å². The second-order valence-electron chi connectivity index (χ2n) is 4.33. The number of benzene rings is 1. The minimum atomic E-state index is 0.750. The fraction of sp³-hybridized carbons (Fsp3) is 0.538. The van der Waals surface area contributed by atoms with Crippen LogP contribution < -0.4 is 15.4 Å². The molecule has 16 heavy (non-hydrogen) atoms. The van der Waals surface area contributed by atoms with Gasteiger partial charge in [0.1, 0.15) is 5.75 Å². The molecule has 1 fully saturated rings. The third kappa shape index (κ3) is 3.14. The SMILES string of the molecule is COc1cccc(NCC2CCCNC2)c1. The largest absolute Gasteiger partial charge is 0.497 e. The third-order valence-corrected chi connectivity index (χ3v) is 3.06. The van der Waals surface area contributed by atoms with Crippen LogP contribution in [0.1, 0.15) is 12.8 Å². The standard InChI is InChI=1S/C13H20N2O/c1-16-13-6-2-5-12(8-13)15-10-11-4-3-7-14-9-11/h2,5-6,8,11,14-15H,3-4,7,9-10H2,1H3. The Balaban J connectivity index is 1.83. The van der Waals surface area contributed by atoms with E-state index < -0.39 is 0 Å². The number of hydrogen-bond acceptors (Lipinski definition) is 3. The molecule has 0 saturated carbocycles. The Morgan fingerprint density at radius 1 is 1.50 bits per heavy atom. The number of piperidine rings is 1. The van der Waals surface area contributed by atoms with Gasteiger partial charge >= 0.3 is 0 Å². The van der Waals surface area contributed by atoms with Crippen molar-refractivity contribution in [3.8, 4) is 5.75 Å². The first kappa shape index (κ1) is 11.3. The zero-order valence-corrected chi connectivity index (χ0v) is 9.83. The first-order valence-corrected chi connectivity index (χ1v) is 5.97. The summed E-state index contributed by atoms with van der Waals surface area (Å²) in [4.78, 5) is 0. The van der Waals surface area contributed by atoms with E-state index in [4.69, 9.17) is 4.74 Å². The molecule has 1 aliphatic rings. The van der Waals surface area contributed by atoms with Gasteiger partial charge in [-0.1, -0.05) is 6.07 Å². The molecule has 0 bridgehead atoms. The summed E-state index contributed by atoms with van der Waals surface area (Å²) in [6.07, 6.45) is 2.62. The molecule has 0 amide bonds. The average Bonchev–Trinajstić information content (AvgIpc) is 2.38. The van der Waals surface area contributed by atoms with Crippen molar-refractivity contribution < 1.29 is 4.74 Å². The topological polar surface area (TPSA) is 33.3 Å². The summed E-state index contributed by atoms with van der Waals surface area (Å²) in [6.45, 7) is 3.35. The highest BCUT2D eigenvalue weighted by atomic mass is 16.5. The van der Waals surface area contributed by atoms with Gasteiger partial charge in [-0.3, -0.25) is 0 Å². The van der Waals surface area contributed by atoms with E-state index in [1.54, 1.807) is 7.11 Å². The van der Waals surface area contributed by atoms with Crippen LogP contribution in [0.25, 0.3) is 0 Å². The molecule has 2 N–H and O–H groups in total. The number of ether oxygens (including phenoxy) is 1. The summed E-state index contributed by atoms with van der Waals surface area (Å²) in [5, 5.41) is 6.90. The summed E-state index contributed by atoms with van der Waals surface area (Å²) in [5.74, 6) is 1.66. The Hall–Kier alpha value is -1.22. The normalized spacial score (nSPS) is 20.4. The van der Waals surface area contributed by atoms with Crippen LogP contribution in [0.5, 0.6) is 5.75 Å². The molecule has 3 nitrogen and oxygen atoms in total. The maximum atomic E-state index is 5.19. The zero-order chi connectivity index (χ0) is 11.2. The molecule has 2 rings (SSSR count). The third-order valence-electron chi connectivity index (χ3n) is 3.06. The molecular formula is C13H20N2O. The van der Waals surface area contributed by atoms with Crippen LogP contribution in [0.15, 0.2) is 24.3 Å². The van der Waals surface area contributed by atoms with Crippen LogP contribution in [0, 0.1) is 5.92 Å². The van der Waals surface area contributed by atoms with Gasteiger partial charge in [0, 0.05) is 18.3 Å². The first-order valence-electron chi connectivity index (χ1n) is 5.97. The Bertz CT molecular complexity index is 321. The lowest BCUT2D eigenvalue weighted by molar-refractivity contribution is 0.392. The highest BCUT2D eigenvalue weighted by molar-refractivity contribution is 5.48. The van der Waals surface area contributed by atoms with E-state index in [2.05, 4.69) is 16.7 Å². The fourth-order valence-corrected chi connectivity index (χ4v) is 2.09. The Labute approximate surface area is 97.2 Å². The predicted molar refractivity (Wildman–Crippen MR) is 67.1 cm³/mol. The highest BCUT2D eigenvalue weighted by Gasteiger charge is 2.12. The van der Waals surface area contributed by atoms with E-state index in [-0.39, 0.29) is 0 Å². The quantitative estimate of drug-likeness (QED) is 0.815. The molecule has 0 spiro atoms. The van der Waals surface area contributed by atoms with Crippen LogP contribution in [-0.4, -0.2) is 26.7 Å². The summed E-state index contributed by atoms with van der Waals surface area (Å²) in [6, 6.07) is 8.10. The van der Waals surface area contributed by atoms with E-state index in [1.165, 1.54) is 19.4 Å². The molecule has 1 unspecified atom stereocenters. The zero-order valence-electron chi connectivity index (χ0n) is 9.83. The smallest absolute Gasteiger partial charge is 0.120 e. The van der Waals surface area contributed by atoms with Gasteiger partial charge in [-0.25, -0.2) is 0 Å². The molecule has 1 aliphatic heterocycles. The van der Waals surface area contributed by atoms with Gasteiger partial charge in [-0.15, -0.1) is 0 Å². The summed E-state index contributed by atoms with van der Waals surface area (Å²) in [7, 11) is 1.70. The number of rotatable bonds is 4. The van der Waals surface area contributed by atoms with E-state index in [1.807, 2.05) is 18.2 Å². The van der Waals surface area contributed by atoms with Crippen LogP contribution in [0.3, 0.4) is 0 Å². The predicted octanol–water partition coefficient (Wildman–Crippen LogP) is 2.11. The Morgan fingerprint density at radius 3 is 3.19 bits per heavy atom. The molecule has 88 valence electrons. The molecule has 1 aromatic carbocycles. The average molecular weight is 220 g/mol. The van der Waals surface area contributed by atoms with Gasteiger partial charge in [0.25, 0.3) is 0 Å². The van der Waals surface area contributed by atoms with Crippen molar-refractivity contribution in [3.63, 3.8) is 0 Å². The van der Waals surface area contributed by atoms with Gasteiger partial charge < -0.3 is 15.4 Å². The van der Waals surface area contributed by atoms with Crippen molar-refractivity contribution in [2.75, 3.05) is 32.1 Å². The lowest BCUT2D eigenvalue weighted by atomic mass is 10.00. The molecule has 1 atom stereocenters. The van der Waals surface area contributed by atoms with Gasteiger partial charge in [0.05, 0.1) is 7.11 Å². The molecular weight excluding hydrogens is 200 g/mol. The maximum absolute atomic E-state index is 5.19. The molecule has 0 radical (unpaired) electrons. The number of nitrogens with one attached hydrogen (secondary N) is 2. The van der Waals surface area contributed by atoms with E-state index >= 15 is 0 Å². The highest BCUT2D eigenvalue weighted by Crippen LogP contribution is 2.18. The number of hydrogen-bond donors (Lipinski definition) is 2. The minimum Gasteiger partial charge on any atom is -0.497 e. The lowest BCUT2D eigenvalue weighted by Crippen LogP contribution is -2.33. The van der Waals surface area contributed by atoms with E-state index in [9.17, 15) is 0 Å². The second kappa shape index (κ2) is 5.75. The maximum Gasteiger partial charge on any atom is 0.120 e. The van der Waals surface area contributed by atoms with E-state index in [0.29, 0.717) is 0 Å². The summed E-state index contributed by atoms with van der Waals surface area (Å²) >= 11 is 0. The van der Waals surface area contributed by atoms with Crippen molar-refractivity contribution in [2.24, 2.45) is 5.92 Å². The monoisotopic (exact) mass is 220 g/mol. The van der Waals surface area contributed by atoms with Crippen molar-refractivity contribution in [3.05, 3.63) is 24.3 Å². The Morgan fingerprint density at radius 2 is 2.44 bits per heavy atom. The second-order valence-corrected chi connectivity index (χ2v) is 4.33. The van der Waals surface area contributed by atoms with Crippen molar-refractivity contribution >= 4 is 5.69 Å². The van der Waals surface area contributed by atoms with Crippen LogP contribution in [0.4, 0.5) is 5.69 Å². The fourth-order valence-electron chi connectivity index (χ4n) is 2.09. The molecule has 0 aromatic heterocycles. The van der Waals surface area contributed by atoms with Gasteiger partial charge in [-0.05, 0) is 44.0 Å². The van der Waals surface area contributed by atoms with Crippen molar-refractivity contribution in [1.82, 2.24) is 5.32 Å². The summed E-state index contributed by atoms with van der Waals surface area (Å²) < 4.78 is 5.19. The molecule has 0 aliphatic carbocycles. The van der Waals surface area contributed by atoms with E-state index in [0.717, 1.165) is 30.4 Å². The van der Waals surface area contributed by atoms with Crippen molar-refractivity contribution in [2.45, 2.75) is 12.8 Å². The molecule has 1 saturated heterocycles. The number of anilines is 1. The Kier molecular flexibility index (Phi) is 4.05. The first-order chi connectivity index (χ1) is 7.88. The lowest BCUT2D eigenvalue weighted by Gasteiger charge is -2.23. The molecule has 1 heterocycles. The van der Waals surface area contributed by atoms with Gasteiger partial charge in [-0.2, -0.15) is 0 Å².